The summed E-state index contributed by atoms with van der Waals surface area (Å²) in [6.45, 7) is 11.4. The monoisotopic (exact) mass is 203 g/mol. The summed E-state index contributed by atoms with van der Waals surface area (Å²) in [5.41, 5.74) is 0. The van der Waals surface area contributed by atoms with E-state index in [2.05, 4.69) is 44.8 Å². The van der Waals surface area contributed by atoms with Crippen LogP contribution in [0.15, 0.2) is 0 Å². The molecule has 1 N–H and O–H groups in total. The van der Waals surface area contributed by atoms with Crippen molar-refractivity contribution in [3.63, 3.8) is 0 Å². The third-order valence-electron chi connectivity index (χ3n) is 2.24. The van der Waals surface area contributed by atoms with Crippen LogP contribution < -0.4 is 5.32 Å². The fraction of sp³-hybridized carbons (Fsp3) is 1.00. The molecule has 0 saturated carbocycles. The second-order valence-electron chi connectivity index (χ2n) is 3.96. The molecular weight excluding hydrogens is 178 g/mol. The molecular formula is C11H25NS. The Kier molecular flexibility index (Phi) is 9.10. The van der Waals surface area contributed by atoms with Gasteiger partial charge in [-0.05, 0) is 36.4 Å². The van der Waals surface area contributed by atoms with Gasteiger partial charge in [-0.3, -0.25) is 0 Å². The van der Waals surface area contributed by atoms with Crippen LogP contribution in [0.1, 0.15) is 34.1 Å². The van der Waals surface area contributed by atoms with Crippen molar-refractivity contribution < 1.29 is 0 Å². The molecule has 0 amide bonds. The third-order valence-corrected chi connectivity index (χ3v) is 3.85. The van der Waals surface area contributed by atoms with Gasteiger partial charge in [0.15, 0.2) is 0 Å². The van der Waals surface area contributed by atoms with Crippen LogP contribution in [0.5, 0.6) is 0 Å². The zero-order valence-electron chi connectivity index (χ0n) is 9.60. The molecule has 80 valence electrons. The Balaban J connectivity index is 3.21. The van der Waals surface area contributed by atoms with Crippen molar-refractivity contribution in [3.05, 3.63) is 0 Å². The molecule has 2 heteroatoms. The van der Waals surface area contributed by atoms with Gasteiger partial charge in [0.2, 0.25) is 0 Å². The van der Waals surface area contributed by atoms with Crippen LogP contribution >= 0.6 is 11.8 Å². The smallest absolute Gasteiger partial charge is 0.00154 e. The van der Waals surface area contributed by atoms with E-state index in [4.69, 9.17) is 0 Å². The van der Waals surface area contributed by atoms with E-state index >= 15 is 0 Å². The molecule has 2 atom stereocenters. The minimum absolute atomic E-state index is 0.814. The normalized spacial score (nSPS) is 15.7. The highest BCUT2D eigenvalue weighted by Gasteiger charge is 2.03. The maximum absolute atomic E-state index is 3.39. The summed E-state index contributed by atoms with van der Waals surface area (Å²) in [4.78, 5) is 0. The van der Waals surface area contributed by atoms with Gasteiger partial charge in [-0.25, -0.2) is 0 Å². The molecule has 13 heavy (non-hydrogen) atoms. The number of hydrogen-bond donors (Lipinski definition) is 1. The lowest BCUT2D eigenvalue weighted by atomic mass is 10.2. The number of nitrogens with one attached hydrogen (secondary N) is 1. The van der Waals surface area contributed by atoms with Gasteiger partial charge in [0.05, 0.1) is 0 Å². The van der Waals surface area contributed by atoms with Gasteiger partial charge in [0.1, 0.15) is 0 Å². The summed E-state index contributed by atoms with van der Waals surface area (Å²) in [6.07, 6.45) is 1.31. The Morgan fingerprint density at radius 1 is 1.08 bits per heavy atom. The van der Waals surface area contributed by atoms with Crippen molar-refractivity contribution in [3.8, 4) is 0 Å². The first-order valence-corrected chi connectivity index (χ1v) is 6.64. The highest BCUT2D eigenvalue weighted by Crippen LogP contribution is 2.14. The van der Waals surface area contributed by atoms with Crippen LogP contribution in [0, 0.1) is 11.8 Å². The maximum atomic E-state index is 3.39. The van der Waals surface area contributed by atoms with Gasteiger partial charge in [0, 0.05) is 0 Å². The Labute approximate surface area is 88.1 Å². The number of rotatable bonds is 8. The van der Waals surface area contributed by atoms with E-state index in [1.807, 2.05) is 0 Å². The minimum Gasteiger partial charge on any atom is -0.317 e. The van der Waals surface area contributed by atoms with E-state index < -0.39 is 0 Å². The third kappa shape index (κ3) is 8.63. The Morgan fingerprint density at radius 2 is 1.69 bits per heavy atom. The zero-order chi connectivity index (χ0) is 10.1. The second kappa shape index (κ2) is 8.89. The van der Waals surface area contributed by atoms with Crippen LogP contribution in [0.3, 0.4) is 0 Å². The van der Waals surface area contributed by atoms with Gasteiger partial charge in [-0.1, -0.05) is 34.1 Å². The van der Waals surface area contributed by atoms with Crippen LogP contribution in [0.4, 0.5) is 0 Å². The molecule has 0 aromatic carbocycles. The van der Waals surface area contributed by atoms with E-state index in [9.17, 15) is 0 Å². The fourth-order valence-corrected chi connectivity index (χ4v) is 2.33. The summed E-state index contributed by atoms with van der Waals surface area (Å²) in [5.74, 6) is 4.33. The molecule has 0 bridgehead atoms. The summed E-state index contributed by atoms with van der Waals surface area (Å²) in [7, 11) is 0. The fourth-order valence-electron chi connectivity index (χ4n) is 1.04. The predicted molar refractivity (Wildman–Crippen MR) is 64.5 cm³/mol. The number of thioether (sulfide) groups is 1. The molecule has 0 spiro atoms. The first-order valence-electron chi connectivity index (χ1n) is 5.49. The Morgan fingerprint density at radius 3 is 2.23 bits per heavy atom. The molecule has 1 nitrogen and oxygen atoms in total. The van der Waals surface area contributed by atoms with Gasteiger partial charge in [-0.15, -0.1) is 0 Å². The quantitative estimate of drug-likeness (QED) is 0.651. The molecule has 0 radical (unpaired) electrons. The number of hydrogen-bond acceptors (Lipinski definition) is 2. The molecule has 0 aliphatic carbocycles. The molecule has 0 aromatic rings. The van der Waals surface area contributed by atoms with Gasteiger partial charge in [-0.2, -0.15) is 11.8 Å². The van der Waals surface area contributed by atoms with E-state index in [1.54, 1.807) is 0 Å². The maximum Gasteiger partial charge on any atom is -0.00154 e. The average Bonchev–Trinajstić information content (AvgIpc) is 2.14. The lowest BCUT2D eigenvalue weighted by Crippen LogP contribution is -2.22. The van der Waals surface area contributed by atoms with E-state index in [1.165, 1.54) is 24.5 Å². The zero-order valence-corrected chi connectivity index (χ0v) is 10.4. The topological polar surface area (TPSA) is 12.0 Å². The molecule has 0 saturated heterocycles. The molecule has 0 fully saturated rings. The Hall–Kier alpha value is 0.310. The highest BCUT2D eigenvalue weighted by atomic mass is 32.2. The summed E-state index contributed by atoms with van der Waals surface area (Å²) >= 11 is 2.10. The van der Waals surface area contributed by atoms with Crippen molar-refractivity contribution in [2.45, 2.75) is 34.1 Å². The van der Waals surface area contributed by atoms with Crippen LogP contribution in [-0.4, -0.2) is 24.6 Å². The van der Waals surface area contributed by atoms with Crippen molar-refractivity contribution >= 4 is 11.8 Å². The van der Waals surface area contributed by atoms with Crippen LogP contribution in [-0.2, 0) is 0 Å². The first-order chi connectivity index (χ1) is 6.20. The van der Waals surface area contributed by atoms with Crippen molar-refractivity contribution in [1.29, 1.82) is 0 Å². The standard InChI is InChI=1S/C11H25NS/c1-5-10(3)8-13-9-11(4)7-12-6-2/h10-12H,5-9H2,1-4H3. The van der Waals surface area contributed by atoms with Crippen LogP contribution in [0.25, 0.3) is 0 Å². The summed E-state index contributed by atoms with van der Waals surface area (Å²) in [6, 6.07) is 0. The predicted octanol–water partition coefficient (Wildman–Crippen LogP) is 3.01. The summed E-state index contributed by atoms with van der Waals surface area (Å²) < 4.78 is 0. The average molecular weight is 203 g/mol. The van der Waals surface area contributed by atoms with Crippen molar-refractivity contribution in [2.24, 2.45) is 11.8 Å². The highest BCUT2D eigenvalue weighted by molar-refractivity contribution is 7.99. The van der Waals surface area contributed by atoms with E-state index in [0.717, 1.165) is 18.4 Å². The minimum atomic E-state index is 0.814. The van der Waals surface area contributed by atoms with Crippen molar-refractivity contribution in [1.82, 2.24) is 5.32 Å². The lowest BCUT2D eigenvalue weighted by molar-refractivity contribution is 0.571. The molecule has 0 rings (SSSR count). The summed E-state index contributed by atoms with van der Waals surface area (Å²) in [5, 5.41) is 3.39. The Bertz CT molecular complexity index is 106. The molecule has 0 aliphatic rings. The van der Waals surface area contributed by atoms with E-state index in [0.29, 0.717) is 0 Å². The molecule has 0 aliphatic heterocycles. The van der Waals surface area contributed by atoms with Crippen LogP contribution in [0.2, 0.25) is 0 Å². The first kappa shape index (κ1) is 13.3. The van der Waals surface area contributed by atoms with Gasteiger partial charge < -0.3 is 5.32 Å². The lowest BCUT2D eigenvalue weighted by Gasteiger charge is -2.13. The molecule has 0 aromatic heterocycles. The molecule has 2 unspecified atom stereocenters. The second-order valence-corrected chi connectivity index (χ2v) is 5.04. The van der Waals surface area contributed by atoms with E-state index in [-0.39, 0.29) is 0 Å². The SMILES string of the molecule is CCNCC(C)CSCC(C)CC. The van der Waals surface area contributed by atoms with Gasteiger partial charge >= 0.3 is 0 Å². The largest absolute Gasteiger partial charge is 0.317 e. The molecule has 0 heterocycles. The van der Waals surface area contributed by atoms with Gasteiger partial charge in [0.25, 0.3) is 0 Å². The van der Waals surface area contributed by atoms with Crippen molar-refractivity contribution in [2.75, 3.05) is 24.6 Å².